The summed E-state index contributed by atoms with van der Waals surface area (Å²) in [7, 11) is 0. The molecule has 0 saturated carbocycles. The molecule has 5 heteroatoms. The van der Waals surface area contributed by atoms with Crippen LogP contribution in [0.25, 0.3) is 0 Å². The first-order chi connectivity index (χ1) is 7.31. The van der Waals surface area contributed by atoms with Crippen molar-refractivity contribution in [3.8, 4) is 0 Å². The van der Waals surface area contributed by atoms with Crippen LogP contribution in [0, 0.1) is 0 Å². The maximum Gasteiger partial charge on any atom is 0.315 e. The van der Waals surface area contributed by atoms with Crippen LogP contribution in [0.15, 0.2) is 0 Å². The number of carbonyl (C=O) groups excluding carboxylic acids is 1. The predicted molar refractivity (Wildman–Crippen MR) is 64.5 cm³/mol. The summed E-state index contributed by atoms with van der Waals surface area (Å²) >= 11 is 0. The molecule has 2 amide bonds. The SMILES string of the molecule is CC([NH3+])CC(C)NC(=O)NC(C)CC(C)[NH3+]. The van der Waals surface area contributed by atoms with Gasteiger partial charge in [0.25, 0.3) is 0 Å². The number of quaternary nitrogens is 2. The van der Waals surface area contributed by atoms with E-state index in [-0.39, 0.29) is 18.1 Å². The summed E-state index contributed by atoms with van der Waals surface area (Å²) in [6.45, 7) is 8.08. The third-order valence-electron chi connectivity index (χ3n) is 2.27. The normalized spacial score (nSPS) is 18.4. The van der Waals surface area contributed by atoms with E-state index in [9.17, 15) is 4.79 Å². The van der Waals surface area contributed by atoms with E-state index < -0.39 is 0 Å². The van der Waals surface area contributed by atoms with Crippen molar-refractivity contribution in [2.75, 3.05) is 0 Å². The number of carbonyl (C=O) groups is 1. The lowest BCUT2D eigenvalue weighted by Crippen LogP contribution is -2.62. The largest absolute Gasteiger partial charge is 0.355 e. The molecule has 0 heterocycles. The minimum Gasteiger partial charge on any atom is -0.355 e. The maximum atomic E-state index is 11.6. The summed E-state index contributed by atoms with van der Waals surface area (Å²) in [5.41, 5.74) is 7.81. The standard InChI is InChI=1S/C11H26N4O/c1-7(12)5-9(3)14-11(16)15-10(4)6-8(2)13/h7-10H,5-6,12-13H2,1-4H3,(H2,14,15,16)/p+2. The van der Waals surface area contributed by atoms with Gasteiger partial charge in [0.05, 0.1) is 12.1 Å². The van der Waals surface area contributed by atoms with E-state index >= 15 is 0 Å². The van der Waals surface area contributed by atoms with E-state index in [2.05, 4.69) is 22.1 Å². The first kappa shape index (κ1) is 15.2. The minimum absolute atomic E-state index is 0.0960. The van der Waals surface area contributed by atoms with Crippen molar-refractivity contribution in [3.05, 3.63) is 0 Å². The lowest BCUT2D eigenvalue weighted by Gasteiger charge is -2.18. The molecule has 4 unspecified atom stereocenters. The monoisotopic (exact) mass is 232 g/mol. The number of amides is 2. The van der Waals surface area contributed by atoms with Gasteiger partial charge in [-0.3, -0.25) is 0 Å². The average molecular weight is 232 g/mol. The Labute approximate surface area is 98.3 Å². The number of hydrogen-bond acceptors (Lipinski definition) is 1. The van der Waals surface area contributed by atoms with Crippen LogP contribution in [-0.4, -0.2) is 30.2 Å². The molecule has 8 N–H and O–H groups in total. The highest BCUT2D eigenvalue weighted by Gasteiger charge is 2.13. The van der Waals surface area contributed by atoms with E-state index in [0.29, 0.717) is 12.1 Å². The van der Waals surface area contributed by atoms with Crippen molar-refractivity contribution >= 4 is 6.03 Å². The topological polar surface area (TPSA) is 96.4 Å². The van der Waals surface area contributed by atoms with E-state index in [4.69, 9.17) is 0 Å². The zero-order chi connectivity index (χ0) is 12.7. The summed E-state index contributed by atoms with van der Waals surface area (Å²) in [4.78, 5) is 11.6. The van der Waals surface area contributed by atoms with E-state index in [1.165, 1.54) is 0 Å². The van der Waals surface area contributed by atoms with Crippen molar-refractivity contribution in [1.82, 2.24) is 10.6 Å². The van der Waals surface area contributed by atoms with Gasteiger partial charge < -0.3 is 22.1 Å². The molecule has 5 nitrogen and oxygen atoms in total. The van der Waals surface area contributed by atoms with Crippen LogP contribution in [0.1, 0.15) is 40.5 Å². The first-order valence-electron chi connectivity index (χ1n) is 6.04. The Morgan fingerprint density at radius 3 is 1.50 bits per heavy atom. The quantitative estimate of drug-likeness (QED) is 0.469. The van der Waals surface area contributed by atoms with Crippen LogP contribution in [0.3, 0.4) is 0 Å². The van der Waals surface area contributed by atoms with Gasteiger partial charge in [0.2, 0.25) is 0 Å². The Balaban J connectivity index is 3.80. The second-order valence-corrected chi connectivity index (χ2v) is 5.10. The van der Waals surface area contributed by atoms with Crippen molar-refractivity contribution < 1.29 is 16.3 Å². The third kappa shape index (κ3) is 8.49. The molecule has 96 valence electrons. The summed E-state index contributed by atoms with van der Waals surface area (Å²) in [6.07, 6.45) is 1.79. The van der Waals surface area contributed by atoms with Gasteiger partial charge in [-0.05, 0) is 27.7 Å². The van der Waals surface area contributed by atoms with Crippen LogP contribution < -0.4 is 22.1 Å². The average Bonchev–Trinajstić information content (AvgIpc) is 1.97. The Hall–Kier alpha value is -0.810. The van der Waals surface area contributed by atoms with Gasteiger partial charge in [-0.1, -0.05) is 0 Å². The van der Waals surface area contributed by atoms with Gasteiger partial charge in [-0.2, -0.15) is 0 Å². The van der Waals surface area contributed by atoms with Crippen molar-refractivity contribution in [3.63, 3.8) is 0 Å². The number of urea groups is 1. The first-order valence-corrected chi connectivity index (χ1v) is 6.04. The molecule has 0 saturated heterocycles. The Morgan fingerprint density at radius 2 is 1.25 bits per heavy atom. The van der Waals surface area contributed by atoms with Gasteiger partial charge in [-0.15, -0.1) is 0 Å². The van der Waals surface area contributed by atoms with Gasteiger partial charge in [0.15, 0.2) is 0 Å². The second-order valence-electron chi connectivity index (χ2n) is 5.10. The predicted octanol–water partition coefficient (Wildman–Crippen LogP) is -0.896. The zero-order valence-corrected chi connectivity index (χ0v) is 11.0. The molecule has 0 fully saturated rings. The highest BCUT2D eigenvalue weighted by atomic mass is 16.2. The molecule has 0 spiro atoms. The molecule has 4 atom stereocenters. The van der Waals surface area contributed by atoms with Crippen LogP contribution in [0.2, 0.25) is 0 Å². The number of hydrogen-bond donors (Lipinski definition) is 4. The van der Waals surface area contributed by atoms with Crippen LogP contribution in [0.4, 0.5) is 4.79 Å². The maximum absolute atomic E-state index is 11.6. The Bertz CT molecular complexity index is 186. The molecule has 0 aliphatic rings. The molecule has 0 aromatic rings. The molecule has 0 aromatic carbocycles. The minimum atomic E-state index is -0.0960. The smallest absolute Gasteiger partial charge is 0.315 e. The molecule has 0 aliphatic heterocycles. The van der Waals surface area contributed by atoms with E-state index in [0.717, 1.165) is 12.8 Å². The van der Waals surface area contributed by atoms with Gasteiger partial charge in [0, 0.05) is 24.9 Å². The van der Waals surface area contributed by atoms with Crippen molar-refractivity contribution in [2.45, 2.75) is 64.7 Å². The zero-order valence-electron chi connectivity index (χ0n) is 11.0. The molecular weight excluding hydrogens is 204 g/mol. The second kappa shape index (κ2) is 7.46. The fraction of sp³-hybridized carbons (Fsp3) is 0.909. The highest BCUT2D eigenvalue weighted by molar-refractivity contribution is 5.74. The highest BCUT2D eigenvalue weighted by Crippen LogP contribution is 1.95. The summed E-state index contributed by atoms with van der Waals surface area (Å²) < 4.78 is 0. The Morgan fingerprint density at radius 1 is 0.938 bits per heavy atom. The molecule has 0 radical (unpaired) electrons. The molecular formula is C11H28N4O+2. The lowest BCUT2D eigenvalue weighted by atomic mass is 10.1. The molecule has 0 rings (SSSR count). The molecule has 0 aliphatic carbocycles. The van der Waals surface area contributed by atoms with Crippen LogP contribution in [0.5, 0.6) is 0 Å². The third-order valence-corrected chi connectivity index (χ3v) is 2.27. The lowest BCUT2D eigenvalue weighted by molar-refractivity contribution is -0.416. The Kier molecular flexibility index (Phi) is 7.08. The van der Waals surface area contributed by atoms with E-state index in [1.807, 2.05) is 27.7 Å². The van der Waals surface area contributed by atoms with E-state index in [1.54, 1.807) is 0 Å². The van der Waals surface area contributed by atoms with Gasteiger partial charge >= 0.3 is 6.03 Å². The van der Waals surface area contributed by atoms with Crippen molar-refractivity contribution in [2.24, 2.45) is 0 Å². The fourth-order valence-corrected chi connectivity index (χ4v) is 1.81. The summed E-state index contributed by atoms with van der Waals surface area (Å²) in [5, 5.41) is 5.81. The molecule has 0 aromatic heterocycles. The van der Waals surface area contributed by atoms with Gasteiger partial charge in [-0.25, -0.2) is 4.79 Å². The van der Waals surface area contributed by atoms with Crippen molar-refractivity contribution in [1.29, 1.82) is 0 Å². The van der Waals surface area contributed by atoms with Crippen LogP contribution >= 0.6 is 0 Å². The molecule has 16 heavy (non-hydrogen) atoms. The molecule has 0 bridgehead atoms. The summed E-state index contributed by atoms with van der Waals surface area (Å²) in [5.74, 6) is 0. The number of nitrogens with one attached hydrogen (secondary N) is 2. The van der Waals surface area contributed by atoms with Gasteiger partial charge in [0.1, 0.15) is 0 Å². The fourth-order valence-electron chi connectivity index (χ4n) is 1.81. The number of rotatable bonds is 6. The summed E-state index contributed by atoms with van der Waals surface area (Å²) in [6, 6.07) is 0.940. The van der Waals surface area contributed by atoms with Crippen LogP contribution in [-0.2, 0) is 0 Å².